The van der Waals surface area contributed by atoms with E-state index in [1.807, 2.05) is 42.5 Å². The molecule has 4 rings (SSSR count). The summed E-state index contributed by atoms with van der Waals surface area (Å²) in [6.07, 6.45) is 0. The van der Waals surface area contributed by atoms with Crippen LogP contribution in [0.2, 0.25) is 5.02 Å². The third-order valence-electron chi connectivity index (χ3n) is 4.46. The number of halogens is 1. The fourth-order valence-corrected chi connectivity index (χ4v) is 3.09. The highest BCUT2D eigenvalue weighted by Gasteiger charge is 2.12. The second kappa shape index (κ2) is 8.76. The van der Waals surface area contributed by atoms with Crippen molar-refractivity contribution in [1.82, 2.24) is 0 Å². The highest BCUT2D eigenvalue weighted by atomic mass is 35.5. The number of hydrogen-bond acceptors (Lipinski definition) is 5. The summed E-state index contributed by atoms with van der Waals surface area (Å²) in [6, 6.07) is 25.4. The van der Waals surface area contributed by atoms with Crippen molar-refractivity contribution in [3.63, 3.8) is 0 Å². The normalized spacial score (nSPS) is 11.0. The molecule has 4 aromatic carbocycles. The Balaban J connectivity index is 1.47. The first-order valence-corrected chi connectivity index (χ1v) is 9.56. The number of azo groups is 1. The summed E-state index contributed by atoms with van der Waals surface area (Å²) in [5.74, 6) is 0.401. The molecular formula is C24H17ClN2O3. The molecule has 148 valence electrons. The van der Waals surface area contributed by atoms with Crippen LogP contribution in [0.3, 0.4) is 0 Å². The van der Waals surface area contributed by atoms with Crippen molar-refractivity contribution < 1.29 is 14.3 Å². The molecule has 0 fully saturated rings. The molecule has 5 nitrogen and oxygen atoms in total. The van der Waals surface area contributed by atoms with E-state index >= 15 is 0 Å². The molecule has 0 atom stereocenters. The lowest BCUT2D eigenvalue weighted by molar-refractivity contribution is 0.0735. The molecule has 0 spiro atoms. The minimum absolute atomic E-state index is 0.252. The van der Waals surface area contributed by atoms with E-state index in [2.05, 4.69) is 10.2 Å². The Morgan fingerprint density at radius 1 is 0.800 bits per heavy atom. The molecular weight excluding hydrogens is 400 g/mol. The van der Waals surface area contributed by atoms with Gasteiger partial charge in [-0.3, -0.25) is 0 Å². The molecule has 0 aliphatic rings. The number of fused-ring (bicyclic) bond motifs is 1. The number of carbonyl (C=O) groups is 1. The number of nitrogens with zero attached hydrogens (tertiary/aromatic N) is 2. The van der Waals surface area contributed by atoms with E-state index in [4.69, 9.17) is 21.1 Å². The largest absolute Gasteiger partial charge is 0.497 e. The summed E-state index contributed by atoms with van der Waals surface area (Å²) in [7, 11) is 1.56. The van der Waals surface area contributed by atoms with Gasteiger partial charge in [-0.2, -0.15) is 10.2 Å². The average Bonchev–Trinajstić information content (AvgIpc) is 2.79. The van der Waals surface area contributed by atoms with Gasteiger partial charge in [-0.25, -0.2) is 4.79 Å². The van der Waals surface area contributed by atoms with E-state index in [-0.39, 0.29) is 10.8 Å². The second-order valence-electron chi connectivity index (χ2n) is 6.46. The summed E-state index contributed by atoms with van der Waals surface area (Å²) < 4.78 is 10.5. The van der Waals surface area contributed by atoms with Crippen molar-refractivity contribution in [1.29, 1.82) is 0 Å². The molecule has 0 radical (unpaired) electrons. The maximum absolute atomic E-state index is 12.3. The van der Waals surface area contributed by atoms with E-state index in [0.29, 0.717) is 17.0 Å². The van der Waals surface area contributed by atoms with Gasteiger partial charge in [0.2, 0.25) is 0 Å². The van der Waals surface area contributed by atoms with Gasteiger partial charge >= 0.3 is 5.97 Å². The Hall–Kier alpha value is -3.70. The fraction of sp³-hybridized carbons (Fsp3) is 0.0417. The Labute approximate surface area is 178 Å². The first-order valence-electron chi connectivity index (χ1n) is 9.19. The molecule has 0 N–H and O–H groups in total. The number of methoxy groups -OCH3 is 1. The maximum atomic E-state index is 12.3. The summed E-state index contributed by atoms with van der Waals surface area (Å²) in [5, 5.41) is 11.0. The highest BCUT2D eigenvalue weighted by molar-refractivity contribution is 6.32. The van der Waals surface area contributed by atoms with Crippen molar-refractivity contribution in [2.75, 3.05) is 7.11 Å². The molecule has 0 saturated heterocycles. The van der Waals surface area contributed by atoms with Crippen molar-refractivity contribution in [3.05, 3.63) is 95.5 Å². The standard InChI is InChI=1S/C24H17ClN2O3/c1-29-21-11-7-17(8-12-21)24(28)30-23-13-10-20(15-22(23)25)27-26-19-9-6-16-4-2-3-5-18(16)14-19/h2-15H,1H3. The van der Waals surface area contributed by atoms with Gasteiger partial charge in [0, 0.05) is 0 Å². The molecule has 0 saturated carbocycles. The van der Waals surface area contributed by atoms with Crippen LogP contribution in [-0.2, 0) is 0 Å². The molecule has 0 amide bonds. The Kier molecular flexibility index (Phi) is 5.72. The van der Waals surface area contributed by atoms with E-state index in [0.717, 1.165) is 16.5 Å². The summed E-state index contributed by atoms with van der Waals surface area (Å²) >= 11 is 6.27. The predicted octanol–water partition coefficient (Wildman–Crippen LogP) is 7.14. The van der Waals surface area contributed by atoms with Crippen molar-refractivity contribution in [3.8, 4) is 11.5 Å². The van der Waals surface area contributed by atoms with Crippen LogP contribution in [0.15, 0.2) is 95.2 Å². The van der Waals surface area contributed by atoms with Gasteiger partial charge < -0.3 is 9.47 Å². The Bertz CT molecular complexity index is 1240. The number of esters is 1. The number of benzene rings is 4. The Morgan fingerprint density at radius 3 is 2.17 bits per heavy atom. The van der Waals surface area contributed by atoms with Crippen LogP contribution in [0, 0.1) is 0 Å². The number of carbonyl (C=O) groups excluding carboxylic acids is 1. The molecule has 6 heteroatoms. The predicted molar refractivity (Wildman–Crippen MR) is 118 cm³/mol. The molecule has 0 aliphatic heterocycles. The van der Waals surface area contributed by atoms with Gasteiger partial charge in [0.15, 0.2) is 0 Å². The molecule has 4 aromatic rings. The minimum atomic E-state index is -0.509. The maximum Gasteiger partial charge on any atom is 0.343 e. The second-order valence-corrected chi connectivity index (χ2v) is 6.87. The molecule has 0 bridgehead atoms. The number of ether oxygens (including phenoxy) is 2. The zero-order chi connectivity index (χ0) is 20.9. The van der Waals surface area contributed by atoms with Crippen molar-refractivity contribution >= 4 is 39.7 Å². The number of rotatable bonds is 5. The van der Waals surface area contributed by atoms with Gasteiger partial charge in [0.05, 0.1) is 29.1 Å². The van der Waals surface area contributed by atoms with Crippen molar-refractivity contribution in [2.45, 2.75) is 0 Å². The van der Waals surface area contributed by atoms with Gasteiger partial charge in [-0.05, 0) is 65.4 Å². The first-order chi connectivity index (χ1) is 14.6. The lowest BCUT2D eigenvalue weighted by Crippen LogP contribution is -2.08. The average molecular weight is 417 g/mol. The monoisotopic (exact) mass is 416 g/mol. The van der Waals surface area contributed by atoms with Crippen LogP contribution in [-0.4, -0.2) is 13.1 Å². The lowest BCUT2D eigenvalue weighted by atomic mass is 10.1. The van der Waals surface area contributed by atoms with E-state index in [1.54, 1.807) is 49.6 Å². The quantitative estimate of drug-likeness (QED) is 0.197. The third kappa shape index (κ3) is 4.47. The SMILES string of the molecule is COc1ccc(C(=O)Oc2ccc(N=Nc3ccc4ccccc4c3)cc2Cl)cc1. The van der Waals surface area contributed by atoms with Crippen LogP contribution in [0.4, 0.5) is 11.4 Å². The van der Waals surface area contributed by atoms with Gasteiger partial charge in [0.1, 0.15) is 11.5 Å². The third-order valence-corrected chi connectivity index (χ3v) is 4.75. The van der Waals surface area contributed by atoms with Gasteiger partial charge in [0.25, 0.3) is 0 Å². The van der Waals surface area contributed by atoms with Crippen LogP contribution >= 0.6 is 11.6 Å². The van der Waals surface area contributed by atoms with Gasteiger partial charge in [-0.1, -0.05) is 41.9 Å². The van der Waals surface area contributed by atoms with Crippen LogP contribution in [0.1, 0.15) is 10.4 Å². The van der Waals surface area contributed by atoms with Gasteiger partial charge in [-0.15, -0.1) is 0 Å². The summed E-state index contributed by atoms with van der Waals surface area (Å²) in [5.41, 5.74) is 1.68. The molecule has 0 heterocycles. The van der Waals surface area contributed by atoms with Crippen LogP contribution < -0.4 is 9.47 Å². The number of hydrogen-bond donors (Lipinski definition) is 0. The summed E-state index contributed by atoms with van der Waals surface area (Å²) in [4.78, 5) is 12.3. The van der Waals surface area contributed by atoms with E-state index in [9.17, 15) is 4.79 Å². The minimum Gasteiger partial charge on any atom is -0.497 e. The van der Waals surface area contributed by atoms with E-state index in [1.165, 1.54) is 0 Å². The topological polar surface area (TPSA) is 60.2 Å². The van der Waals surface area contributed by atoms with Crippen LogP contribution in [0.25, 0.3) is 10.8 Å². The molecule has 0 aliphatic carbocycles. The summed E-state index contributed by atoms with van der Waals surface area (Å²) in [6.45, 7) is 0. The Morgan fingerprint density at radius 2 is 1.47 bits per heavy atom. The molecule has 0 unspecified atom stereocenters. The smallest absolute Gasteiger partial charge is 0.343 e. The van der Waals surface area contributed by atoms with Crippen molar-refractivity contribution in [2.24, 2.45) is 10.2 Å². The molecule has 0 aromatic heterocycles. The highest BCUT2D eigenvalue weighted by Crippen LogP contribution is 2.31. The van der Waals surface area contributed by atoms with Crippen LogP contribution in [0.5, 0.6) is 11.5 Å². The van der Waals surface area contributed by atoms with E-state index < -0.39 is 5.97 Å². The zero-order valence-electron chi connectivity index (χ0n) is 16.1. The fourth-order valence-electron chi connectivity index (χ4n) is 2.88. The lowest BCUT2D eigenvalue weighted by Gasteiger charge is -2.07. The molecule has 30 heavy (non-hydrogen) atoms. The zero-order valence-corrected chi connectivity index (χ0v) is 16.8. The first kappa shape index (κ1) is 19.6.